The molecule has 2 N–H and O–H groups in total. The molecule has 3 rings (SSSR count). The lowest BCUT2D eigenvalue weighted by molar-refractivity contribution is 0.0384. The summed E-state index contributed by atoms with van der Waals surface area (Å²) in [5, 5.41) is 5.54. The number of hydrogen-bond acceptors (Lipinski definition) is 6. The lowest BCUT2D eigenvalue weighted by atomic mass is 10.1. The highest BCUT2D eigenvalue weighted by Crippen LogP contribution is 2.31. The summed E-state index contributed by atoms with van der Waals surface area (Å²) in [6, 6.07) is 0. The summed E-state index contributed by atoms with van der Waals surface area (Å²) in [6.45, 7) is 9.13. The molecule has 0 saturated carbocycles. The van der Waals surface area contributed by atoms with Gasteiger partial charge in [-0.3, -0.25) is 4.90 Å². The fourth-order valence-electron chi connectivity index (χ4n) is 3.24. The van der Waals surface area contributed by atoms with Crippen molar-refractivity contribution in [3.05, 3.63) is 15.9 Å². The summed E-state index contributed by atoms with van der Waals surface area (Å²) in [7, 11) is 0. The molecule has 26 heavy (non-hydrogen) atoms. The van der Waals surface area contributed by atoms with E-state index in [1.807, 2.05) is 6.26 Å². The predicted molar refractivity (Wildman–Crippen MR) is 111 cm³/mol. The quantitative estimate of drug-likeness (QED) is 0.354. The van der Waals surface area contributed by atoms with Gasteiger partial charge < -0.3 is 15.0 Å². The van der Waals surface area contributed by atoms with Gasteiger partial charge in [0, 0.05) is 36.3 Å². The van der Waals surface area contributed by atoms with E-state index in [2.05, 4.69) is 43.0 Å². The van der Waals surface area contributed by atoms with Crippen molar-refractivity contribution in [1.29, 1.82) is 0 Å². The largest absolute Gasteiger partial charge is 0.379 e. The molecular weight excluding hydrogens is 414 g/mol. The Bertz CT molecular complexity index is 717. The third kappa shape index (κ3) is 4.98. The van der Waals surface area contributed by atoms with E-state index in [0.29, 0.717) is 0 Å². The molecule has 0 unspecified atom stereocenters. The molecule has 2 aromatic rings. The van der Waals surface area contributed by atoms with Crippen molar-refractivity contribution in [2.45, 2.75) is 31.3 Å². The maximum atomic E-state index is 5.38. The lowest BCUT2D eigenvalue weighted by Crippen LogP contribution is -2.40. The molecule has 144 valence electrons. The first kappa shape index (κ1) is 20.1. The molecule has 0 spiro atoms. The summed E-state index contributed by atoms with van der Waals surface area (Å²) in [5.41, 5.74) is 3.28. The predicted octanol–water partition coefficient (Wildman–Crippen LogP) is 2.86. The molecule has 3 heterocycles. The Morgan fingerprint density at radius 3 is 2.81 bits per heavy atom. The second-order valence-corrected chi connectivity index (χ2v) is 8.03. The number of rotatable bonds is 9. The van der Waals surface area contributed by atoms with E-state index in [1.54, 1.807) is 11.8 Å². The van der Waals surface area contributed by atoms with E-state index < -0.39 is 0 Å². The number of aryl methyl sites for hydroxylation is 2. The molecule has 1 aliphatic rings. The zero-order chi connectivity index (χ0) is 18.4. The Morgan fingerprint density at radius 1 is 1.27 bits per heavy atom. The van der Waals surface area contributed by atoms with Crippen molar-refractivity contribution in [3.8, 4) is 0 Å². The minimum Gasteiger partial charge on any atom is -0.379 e. The highest BCUT2D eigenvalue weighted by Gasteiger charge is 2.16. The summed E-state index contributed by atoms with van der Waals surface area (Å²) in [5.74, 6) is 0. The molecule has 2 aromatic heterocycles. The van der Waals surface area contributed by atoms with Crippen LogP contribution in [-0.2, 0) is 17.6 Å². The summed E-state index contributed by atoms with van der Waals surface area (Å²) in [6.07, 6.45) is 5.00. The van der Waals surface area contributed by atoms with Gasteiger partial charge in [0.05, 0.1) is 24.3 Å². The van der Waals surface area contributed by atoms with Crippen LogP contribution < -0.4 is 5.32 Å². The average Bonchev–Trinajstić information content (AvgIpc) is 3.01. The van der Waals surface area contributed by atoms with Crippen molar-refractivity contribution in [2.24, 2.45) is 0 Å². The van der Waals surface area contributed by atoms with E-state index in [4.69, 9.17) is 9.72 Å². The van der Waals surface area contributed by atoms with Crippen molar-refractivity contribution >= 4 is 38.7 Å². The Kier molecular flexibility index (Phi) is 7.75. The summed E-state index contributed by atoms with van der Waals surface area (Å²) in [4.78, 5) is 15.3. The van der Waals surface area contributed by atoms with Gasteiger partial charge in [0.25, 0.3) is 0 Å². The van der Waals surface area contributed by atoms with Gasteiger partial charge in [0.2, 0.25) is 0 Å². The van der Waals surface area contributed by atoms with Gasteiger partial charge in [0.15, 0.2) is 5.16 Å². The number of hydrogen-bond donors (Lipinski definition) is 2. The van der Waals surface area contributed by atoms with Crippen LogP contribution in [0.25, 0.3) is 11.0 Å². The number of morpholine rings is 1. The SMILES string of the molecule is CCc1[nH]c2nc(SC)nc(CCCNCCN3CCOCC3)c2c1Br. The molecule has 6 nitrogen and oxygen atoms in total. The Labute approximate surface area is 168 Å². The fourth-order valence-corrected chi connectivity index (χ4v) is 4.42. The van der Waals surface area contributed by atoms with Crippen LogP contribution in [-0.4, -0.2) is 72.0 Å². The third-order valence-electron chi connectivity index (χ3n) is 4.73. The minimum absolute atomic E-state index is 0.837. The Hall–Kier alpha value is -0.670. The number of fused-ring (bicyclic) bond motifs is 1. The van der Waals surface area contributed by atoms with Gasteiger partial charge in [-0.1, -0.05) is 18.7 Å². The normalized spacial score (nSPS) is 15.8. The highest BCUT2D eigenvalue weighted by molar-refractivity contribution is 9.10. The zero-order valence-corrected chi connectivity index (χ0v) is 18.0. The van der Waals surface area contributed by atoms with Crippen LogP contribution in [0.1, 0.15) is 24.7 Å². The number of aromatic nitrogens is 3. The Balaban J connectivity index is 1.53. The number of thioether (sulfide) groups is 1. The zero-order valence-electron chi connectivity index (χ0n) is 15.6. The maximum absolute atomic E-state index is 5.38. The maximum Gasteiger partial charge on any atom is 0.189 e. The molecule has 8 heteroatoms. The van der Waals surface area contributed by atoms with Gasteiger partial charge in [0.1, 0.15) is 5.65 Å². The average molecular weight is 442 g/mol. The summed E-state index contributed by atoms with van der Waals surface area (Å²) < 4.78 is 6.51. The van der Waals surface area contributed by atoms with E-state index in [9.17, 15) is 0 Å². The van der Waals surface area contributed by atoms with E-state index >= 15 is 0 Å². The first-order valence-corrected chi connectivity index (χ1v) is 11.4. The van der Waals surface area contributed by atoms with Crippen LogP contribution in [0.2, 0.25) is 0 Å². The van der Waals surface area contributed by atoms with E-state index in [1.165, 1.54) is 5.69 Å². The number of nitrogens with one attached hydrogen (secondary N) is 2. The van der Waals surface area contributed by atoms with Gasteiger partial charge >= 0.3 is 0 Å². The molecule has 0 amide bonds. The Morgan fingerprint density at radius 2 is 2.08 bits per heavy atom. The minimum atomic E-state index is 0.837. The fraction of sp³-hybridized carbons (Fsp3) is 0.667. The van der Waals surface area contributed by atoms with Crippen molar-refractivity contribution in [1.82, 2.24) is 25.2 Å². The smallest absolute Gasteiger partial charge is 0.189 e. The van der Waals surface area contributed by atoms with Crippen LogP contribution >= 0.6 is 27.7 Å². The van der Waals surface area contributed by atoms with Crippen LogP contribution in [0.5, 0.6) is 0 Å². The van der Waals surface area contributed by atoms with Gasteiger partial charge in [-0.2, -0.15) is 0 Å². The topological polar surface area (TPSA) is 66.1 Å². The van der Waals surface area contributed by atoms with Crippen LogP contribution in [0.3, 0.4) is 0 Å². The van der Waals surface area contributed by atoms with Gasteiger partial charge in [-0.15, -0.1) is 0 Å². The molecule has 0 aromatic carbocycles. The number of nitrogens with zero attached hydrogens (tertiary/aromatic N) is 3. The molecule has 1 saturated heterocycles. The second-order valence-electron chi connectivity index (χ2n) is 6.46. The first-order valence-electron chi connectivity index (χ1n) is 9.34. The number of ether oxygens (including phenoxy) is 1. The summed E-state index contributed by atoms with van der Waals surface area (Å²) >= 11 is 5.33. The molecular formula is C18H28BrN5OS. The van der Waals surface area contributed by atoms with Gasteiger partial charge in [-0.25, -0.2) is 9.97 Å². The van der Waals surface area contributed by atoms with Gasteiger partial charge in [-0.05, 0) is 48.0 Å². The first-order chi connectivity index (χ1) is 12.7. The van der Waals surface area contributed by atoms with E-state index in [0.717, 1.165) is 91.6 Å². The van der Waals surface area contributed by atoms with Crippen LogP contribution in [0, 0.1) is 0 Å². The number of halogens is 1. The van der Waals surface area contributed by atoms with E-state index in [-0.39, 0.29) is 0 Å². The second kappa shape index (κ2) is 10.0. The molecule has 0 radical (unpaired) electrons. The van der Waals surface area contributed by atoms with Crippen molar-refractivity contribution in [2.75, 3.05) is 52.2 Å². The standard InChI is InChI=1S/C18H28BrN5OS/c1-3-13-16(19)15-14(22-18(26-2)23-17(15)21-13)5-4-6-20-7-8-24-9-11-25-12-10-24/h20H,3-12H2,1-2H3,(H,21,22,23). The highest BCUT2D eigenvalue weighted by atomic mass is 79.9. The van der Waals surface area contributed by atoms with Crippen LogP contribution in [0.4, 0.5) is 0 Å². The molecule has 0 bridgehead atoms. The number of aromatic amines is 1. The lowest BCUT2D eigenvalue weighted by Gasteiger charge is -2.26. The number of H-pyrrole nitrogens is 1. The molecule has 0 aliphatic carbocycles. The third-order valence-corrected chi connectivity index (χ3v) is 6.15. The van der Waals surface area contributed by atoms with Crippen molar-refractivity contribution < 1.29 is 4.74 Å². The van der Waals surface area contributed by atoms with Crippen molar-refractivity contribution in [3.63, 3.8) is 0 Å². The molecule has 1 aliphatic heterocycles. The molecule has 0 atom stereocenters. The van der Waals surface area contributed by atoms with Crippen LogP contribution in [0.15, 0.2) is 9.63 Å². The molecule has 1 fully saturated rings. The monoisotopic (exact) mass is 441 g/mol.